The number of hydrogen-bond acceptors (Lipinski definition) is 1. The van der Waals surface area contributed by atoms with Crippen LogP contribution in [0.5, 0.6) is 0 Å². The third kappa shape index (κ3) is 1.27. The van der Waals surface area contributed by atoms with Crippen molar-refractivity contribution in [3.05, 3.63) is 34.3 Å². The Hall–Kier alpha value is -0.140. The van der Waals surface area contributed by atoms with Crippen LogP contribution >= 0.6 is 24.2 Å². The Labute approximate surface area is 77.0 Å². The molecule has 58 valence electrons. The molecule has 1 aromatic carbocycles. The van der Waals surface area contributed by atoms with E-state index in [0.717, 1.165) is 17.9 Å². The zero-order valence-electron chi connectivity index (χ0n) is 6.05. The summed E-state index contributed by atoms with van der Waals surface area (Å²) in [5.74, 6) is 0. The third-order valence-electron chi connectivity index (χ3n) is 2.15. The van der Waals surface area contributed by atoms with E-state index >= 15 is 0 Å². The van der Waals surface area contributed by atoms with Crippen molar-refractivity contribution in [3.63, 3.8) is 0 Å². The van der Waals surface area contributed by atoms with Gasteiger partial charge in [-0.1, -0.05) is 17.7 Å². The molecule has 0 nitrogen and oxygen atoms in total. The summed E-state index contributed by atoms with van der Waals surface area (Å²) >= 11 is 10.3. The number of halogens is 1. The van der Waals surface area contributed by atoms with Crippen LogP contribution in [0, 0.1) is 0 Å². The average Bonchev–Trinajstić information content (AvgIpc) is 2.33. The van der Waals surface area contributed by atoms with Crippen LogP contribution in [0.25, 0.3) is 0 Å². The molecule has 1 unspecified atom stereocenters. The first kappa shape index (κ1) is 7.51. The van der Waals surface area contributed by atoms with Crippen molar-refractivity contribution in [2.75, 3.05) is 0 Å². The van der Waals surface area contributed by atoms with E-state index in [2.05, 4.69) is 18.7 Å². The van der Waals surface area contributed by atoms with Gasteiger partial charge in [-0.05, 0) is 36.1 Å². The van der Waals surface area contributed by atoms with Crippen molar-refractivity contribution in [1.82, 2.24) is 0 Å². The minimum Gasteiger partial charge on any atom is -0.171 e. The second-order valence-corrected chi connectivity index (χ2v) is 3.96. The van der Waals surface area contributed by atoms with Crippen LogP contribution in [0.3, 0.4) is 0 Å². The predicted octanol–water partition coefficient (Wildman–Crippen LogP) is 3.26. The largest absolute Gasteiger partial charge is 0.171 e. The smallest absolute Gasteiger partial charge is 0.0409 e. The van der Waals surface area contributed by atoms with Crippen LogP contribution in [0.15, 0.2) is 18.2 Å². The first-order valence-electron chi connectivity index (χ1n) is 3.74. The van der Waals surface area contributed by atoms with Crippen molar-refractivity contribution in [3.8, 4) is 0 Å². The SMILES string of the molecule is SC1CCc2ccc(Cl)cc21. The lowest BCUT2D eigenvalue weighted by molar-refractivity contribution is 0.897. The van der Waals surface area contributed by atoms with Gasteiger partial charge in [0.05, 0.1) is 0 Å². The monoisotopic (exact) mass is 184 g/mol. The van der Waals surface area contributed by atoms with E-state index in [0.29, 0.717) is 5.25 Å². The quantitative estimate of drug-likeness (QED) is 0.588. The van der Waals surface area contributed by atoms with E-state index in [9.17, 15) is 0 Å². The molecule has 0 amide bonds. The molecule has 0 bridgehead atoms. The Balaban J connectivity index is 2.52. The molecular formula is C9H9ClS. The summed E-state index contributed by atoms with van der Waals surface area (Å²) in [5.41, 5.74) is 2.73. The molecule has 0 aliphatic heterocycles. The van der Waals surface area contributed by atoms with Gasteiger partial charge in [0.15, 0.2) is 0 Å². The molecule has 2 heteroatoms. The van der Waals surface area contributed by atoms with Crippen molar-refractivity contribution in [1.29, 1.82) is 0 Å². The Morgan fingerprint density at radius 1 is 1.45 bits per heavy atom. The minimum atomic E-state index is 0.406. The van der Waals surface area contributed by atoms with Gasteiger partial charge in [-0.3, -0.25) is 0 Å². The molecule has 0 saturated heterocycles. The zero-order chi connectivity index (χ0) is 7.84. The van der Waals surface area contributed by atoms with E-state index in [4.69, 9.17) is 11.6 Å². The maximum atomic E-state index is 5.85. The van der Waals surface area contributed by atoms with Gasteiger partial charge in [0.2, 0.25) is 0 Å². The van der Waals surface area contributed by atoms with Gasteiger partial charge >= 0.3 is 0 Å². The number of benzene rings is 1. The molecule has 0 aromatic heterocycles. The first-order valence-corrected chi connectivity index (χ1v) is 4.63. The lowest BCUT2D eigenvalue weighted by Gasteiger charge is -2.02. The van der Waals surface area contributed by atoms with Gasteiger partial charge < -0.3 is 0 Å². The lowest BCUT2D eigenvalue weighted by Crippen LogP contribution is -1.82. The molecular weight excluding hydrogens is 176 g/mol. The standard InChI is InChI=1S/C9H9ClS/c10-7-3-1-6-2-4-9(11)8(6)5-7/h1,3,5,9,11H,2,4H2. The highest BCUT2D eigenvalue weighted by Gasteiger charge is 2.18. The molecule has 0 fully saturated rings. The van der Waals surface area contributed by atoms with Crippen molar-refractivity contribution in [2.24, 2.45) is 0 Å². The van der Waals surface area contributed by atoms with Gasteiger partial charge in [-0.25, -0.2) is 0 Å². The van der Waals surface area contributed by atoms with Crippen molar-refractivity contribution in [2.45, 2.75) is 18.1 Å². The van der Waals surface area contributed by atoms with E-state index in [1.807, 2.05) is 12.1 Å². The van der Waals surface area contributed by atoms with Crippen molar-refractivity contribution < 1.29 is 0 Å². The van der Waals surface area contributed by atoms with Gasteiger partial charge in [0.25, 0.3) is 0 Å². The Morgan fingerprint density at radius 3 is 3.09 bits per heavy atom. The molecule has 0 spiro atoms. The van der Waals surface area contributed by atoms with Crippen LogP contribution in [0.2, 0.25) is 5.02 Å². The van der Waals surface area contributed by atoms with Crippen LogP contribution in [0.4, 0.5) is 0 Å². The van der Waals surface area contributed by atoms with Crippen LogP contribution < -0.4 is 0 Å². The molecule has 0 N–H and O–H groups in total. The number of fused-ring (bicyclic) bond motifs is 1. The van der Waals surface area contributed by atoms with Gasteiger partial charge in [-0.2, -0.15) is 12.6 Å². The molecule has 1 aliphatic rings. The Morgan fingerprint density at radius 2 is 2.27 bits per heavy atom. The highest BCUT2D eigenvalue weighted by atomic mass is 35.5. The first-order chi connectivity index (χ1) is 5.27. The van der Waals surface area contributed by atoms with Crippen LogP contribution in [0.1, 0.15) is 22.8 Å². The fraction of sp³-hybridized carbons (Fsp3) is 0.333. The summed E-state index contributed by atoms with van der Waals surface area (Å²) in [6, 6.07) is 6.08. The van der Waals surface area contributed by atoms with Gasteiger partial charge in [0, 0.05) is 10.3 Å². The molecule has 0 saturated carbocycles. The zero-order valence-corrected chi connectivity index (χ0v) is 7.70. The topological polar surface area (TPSA) is 0 Å². The highest BCUT2D eigenvalue weighted by Crippen LogP contribution is 2.36. The fourth-order valence-electron chi connectivity index (χ4n) is 1.55. The van der Waals surface area contributed by atoms with Gasteiger partial charge in [0.1, 0.15) is 0 Å². The third-order valence-corrected chi connectivity index (χ3v) is 2.93. The summed E-state index contributed by atoms with van der Waals surface area (Å²) in [7, 11) is 0. The summed E-state index contributed by atoms with van der Waals surface area (Å²) in [6.45, 7) is 0. The van der Waals surface area contributed by atoms with Gasteiger partial charge in [-0.15, -0.1) is 0 Å². The fourth-order valence-corrected chi connectivity index (χ4v) is 2.10. The van der Waals surface area contributed by atoms with E-state index in [1.54, 1.807) is 0 Å². The highest BCUT2D eigenvalue weighted by molar-refractivity contribution is 7.80. The number of hydrogen-bond donors (Lipinski definition) is 1. The summed E-state index contributed by atoms with van der Waals surface area (Å²) in [4.78, 5) is 0. The van der Waals surface area contributed by atoms with Crippen LogP contribution in [-0.2, 0) is 6.42 Å². The maximum absolute atomic E-state index is 5.85. The molecule has 2 rings (SSSR count). The second-order valence-electron chi connectivity index (χ2n) is 2.90. The normalized spacial score (nSPS) is 21.8. The van der Waals surface area contributed by atoms with E-state index in [1.165, 1.54) is 11.1 Å². The predicted molar refractivity (Wildman–Crippen MR) is 51.5 cm³/mol. The average molecular weight is 185 g/mol. The molecule has 0 radical (unpaired) electrons. The summed E-state index contributed by atoms with van der Waals surface area (Å²) in [6.07, 6.45) is 2.31. The Bertz CT molecular complexity index is 283. The Kier molecular flexibility index (Phi) is 1.86. The molecule has 1 atom stereocenters. The van der Waals surface area contributed by atoms with E-state index in [-0.39, 0.29) is 0 Å². The van der Waals surface area contributed by atoms with Crippen LogP contribution in [-0.4, -0.2) is 0 Å². The molecule has 1 aliphatic carbocycles. The number of thiol groups is 1. The summed E-state index contributed by atoms with van der Waals surface area (Å²) < 4.78 is 0. The molecule has 11 heavy (non-hydrogen) atoms. The number of aryl methyl sites for hydroxylation is 1. The van der Waals surface area contributed by atoms with Crippen molar-refractivity contribution >= 4 is 24.2 Å². The lowest BCUT2D eigenvalue weighted by atomic mass is 10.1. The summed E-state index contributed by atoms with van der Waals surface area (Å²) in [5, 5.41) is 1.23. The molecule has 0 heterocycles. The molecule has 1 aromatic rings. The minimum absolute atomic E-state index is 0.406. The van der Waals surface area contributed by atoms with E-state index < -0.39 is 0 Å². The maximum Gasteiger partial charge on any atom is 0.0409 e. The second kappa shape index (κ2) is 2.72. The number of rotatable bonds is 0.